The number of carbonyl (C=O) groups is 1. The maximum absolute atomic E-state index is 14.2. The van der Waals surface area contributed by atoms with E-state index < -0.39 is 6.10 Å². The van der Waals surface area contributed by atoms with E-state index in [1.165, 1.54) is 17.6 Å². The zero-order chi connectivity index (χ0) is 29.1. The van der Waals surface area contributed by atoms with Gasteiger partial charge in [0.05, 0.1) is 0 Å². The lowest BCUT2D eigenvalue weighted by Crippen LogP contribution is -2.64. The van der Waals surface area contributed by atoms with Crippen molar-refractivity contribution in [2.24, 2.45) is 33.0 Å². The number of rotatable bonds is 1. The molecule has 1 saturated heterocycles. The molecule has 40 heavy (non-hydrogen) atoms. The standard InChI is InChI=1S/C35H52N2O3/c1-22-23-9-10-26-33(6,24(23)19-25(38)28(22)39)14-16-35(8)27-20-32(5,12-11-31(27,4)13-15-34(26,35)7)29(40)37-18-17-36-30(2,3)21-37/h9-10,19,25,27,36,38-39H,11-18,20-21H2,1-8H3/t25?,27-,31-,32-,33+,34-,35+/m1/s1. The van der Waals surface area contributed by atoms with Crippen molar-refractivity contribution < 1.29 is 15.0 Å². The van der Waals surface area contributed by atoms with Crippen LogP contribution in [0.5, 0.6) is 0 Å². The first-order chi connectivity index (χ1) is 18.5. The van der Waals surface area contributed by atoms with E-state index in [-0.39, 0.29) is 38.4 Å². The van der Waals surface area contributed by atoms with E-state index in [0.717, 1.165) is 69.3 Å². The summed E-state index contributed by atoms with van der Waals surface area (Å²) in [6, 6.07) is 0. The fourth-order valence-corrected chi connectivity index (χ4v) is 10.5. The summed E-state index contributed by atoms with van der Waals surface area (Å²) in [5.74, 6) is 0.924. The van der Waals surface area contributed by atoms with Crippen molar-refractivity contribution >= 4 is 5.91 Å². The highest BCUT2D eigenvalue weighted by Gasteiger charge is 2.67. The van der Waals surface area contributed by atoms with Crippen LogP contribution in [0.15, 0.2) is 46.3 Å². The van der Waals surface area contributed by atoms with Crippen LogP contribution in [-0.2, 0) is 4.79 Å². The number of aliphatic hydroxyl groups is 2. The second kappa shape index (κ2) is 8.60. The number of nitrogens with zero attached hydrogens (tertiary/aromatic N) is 1. The number of amides is 1. The highest BCUT2D eigenvalue weighted by atomic mass is 16.3. The number of aliphatic hydroxyl groups excluding tert-OH is 2. The number of hydrogen-bond acceptors (Lipinski definition) is 4. The predicted octanol–water partition coefficient (Wildman–Crippen LogP) is 6.62. The summed E-state index contributed by atoms with van der Waals surface area (Å²) in [5.41, 5.74) is 4.40. The van der Waals surface area contributed by atoms with Crippen LogP contribution < -0.4 is 5.32 Å². The average Bonchev–Trinajstić information content (AvgIpc) is 2.89. The Morgan fingerprint density at radius 3 is 2.38 bits per heavy atom. The molecule has 5 aliphatic carbocycles. The number of piperazine rings is 1. The Morgan fingerprint density at radius 2 is 1.68 bits per heavy atom. The zero-order valence-electron chi connectivity index (χ0n) is 26.2. The maximum Gasteiger partial charge on any atom is 0.228 e. The van der Waals surface area contributed by atoms with Gasteiger partial charge in [-0.05, 0) is 111 Å². The van der Waals surface area contributed by atoms with Gasteiger partial charge in [-0.1, -0.05) is 52.3 Å². The van der Waals surface area contributed by atoms with E-state index >= 15 is 0 Å². The van der Waals surface area contributed by atoms with Gasteiger partial charge in [0, 0.05) is 36.0 Å². The van der Waals surface area contributed by atoms with Gasteiger partial charge < -0.3 is 20.4 Å². The molecular formula is C35H52N2O3. The zero-order valence-corrected chi connectivity index (χ0v) is 26.2. The number of fused-ring (bicyclic) bond motifs is 7. The largest absolute Gasteiger partial charge is 0.509 e. The summed E-state index contributed by atoms with van der Waals surface area (Å²) in [5, 5.41) is 24.8. The van der Waals surface area contributed by atoms with Gasteiger partial charge >= 0.3 is 0 Å². The minimum atomic E-state index is -0.931. The van der Waals surface area contributed by atoms with Gasteiger partial charge in [-0.15, -0.1) is 0 Å². The Labute approximate surface area is 241 Å². The Kier molecular flexibility index (Phi) is 6.08. The van der Waals surface area contributed by atoms with Crippen molar-refractivity contribution in [3.05, 3.63) is 46.3 Å². The molecule has 7 atom stereocenters. The summed E-state index contributed by atoms with van der Waals surface area (Å²) in [4.78, 5) is 16.4. The first kappa shape index (κ1) is 28.3. The third-order valence-corrected chi connectivity index (χ3v) is 13.4. The van der Waals surface area contributed by atoms with Crippen LogP contribution in [0.1, 0.15) is 100 Å². The minimum absolute atomic E-state index is 0.00738. The average molecular weight is 549 g/mol. The summed E-state index contributed by atoms with van der Waals surface area (Å²) >= 11 is 0. The fourth-order valence-electron chi connectivity index (χ4n) is 10.5. The molecule has 220 valence electrons. The van der Waals surface area contributed by atoms with Crippen molar-refractivity contribution in [3.63, 3.8) is 0 Å². The van der Waals surface area contributed by atoms with E-state index in [9.17, 15) is 15.0 Å². The fraction of sp³-hybridized carbons (Fsp3) is 0.743. The molecule has 0 spiro atoms. The molecule has 0 bridgehead atoms. The number of hydrogen-bond donors (Lipinski definition) is 3. The molecule has 1 amide bonds. The molecule has 3 N–H and O–H groups in total. The second-order valence-corrected chi connectivity index (χ2v) is 16.3. The van der Waals surface area contributed by atoms with Crippen LogP contribution >= 0.6 is 0 Å². The Bertz CT molecular complexity index is 1270. The molecule has 1 unspecified atom stereocenters. The first-order valence-corrected chi connectivity index (χ1v) is 15.8. The van der Waals surface area contributed by atoms with E-state index in [4.69, 9.17) is 0 Å². The maximum atomic E-state index is 14.2. The first-order valence-electron chi connectivity index (χ1n) is 15.8. The van der Waals surface area contributed by atoms with Gasteiger partial charge in [0.15, 0.2) is 0 Å². The summed E-state index contributed by atoms with van der Waals surface area (Å²) in [6.07, 6.45) is 13.1. The van der Waals surface area contributed by atoms with Crippen LogP contribution in [0.25, 0.3) is 0 Å². The molecule has 5 nitrogen and oxygen atoms in total. The predicted molar refractivity (Wildman–Crippen MR) is 161 cm³/mol. The van der Waals surface area contributed by atoms with E-state index in [1.54, 1.807) is 0 Å². The molecule has 0 radical (unpaired) electrons. The van der Waals surface area contributed by atoms with E-state index in [2.05, 4.69) is 70.8 Å². The Hall–Kier alpha value is -1.85. The molecule has 0 aromatic carbocycles. The molecule has 6 aliphatic rings. The smallest absolute Gasteiger partial charge is 0.228 e. The molecule has 0 aromatic rings. The normalized spacial score (nSPS) is 46.2. The van der Waals surface area contributed by atoms with Gasteiger partial charge in [-0.3, -0.25) is 4.79 Å². The lowest BCUT2D eigenvalue weighted by molar-refractivity contribution is -0.175. The second-order valence-electron chi connectivity index (χ2n) is 16.3. The highest BCUT2D eigenvalue weighted by Crippen LogP contribution is 2.75. The van der Waals surface area contributed by atoms with E-state index in [0.29, 0.717) is 11.8 Å². The van der Waals surface area contributed by atoms with Crippen LogP contribution in [0, 0.1) is 33.0 Å². The third kappa shape index (κ3) is 3.68. The van der Waals surface area contributed by atoms with Crippen molar-refractivity contribution in [2.75, 3.05) is 19.6 Å². The van der Waals surface area contributed by atoms with Gasteiger partial charge in [0.2, 0.25) is 5.91 Å². The molecule has 3 saturated carbocycles. The Morgan fingerprint density at radius 1 is 0.975 bits per heavy atom. The number of allylic oxidation sites excluding steroid dienone is 6. The molecular weight excluding hydrogens is 496 g/mol. The SMILES string of the molecule is CC1=C(O)C(O)C=C2C1=CC=C1[C@@]2(C)CC[C@@]2(C)[C@@H]3C[C@](C)(C(=O)N4CCNC(C)(C)C4)CC[C@]3(C)CC[C@]12C. The van der Waals surface area contributed by atoms with Gasteiger partial charge in [-0.25, -0.2) is 0 Å². The number of carbonyl (C=O) groups excluding carboxylic acids is 1. The summed E-state index contributed by atoms with van der Waals surface area (Å²) in [6.45, 7) is 21.0. The van der Waals surface area contributed by atoms with E-state index in [1.807, 2.05) is 13.0 Å². The quantitative estimate of drug-likeness (QED) is 0.345. The van der Waals surface area contributed by atoms with Gasteiger partial charge in [0.25, 0.3) is 0 Å². The Balaban J connectivity index is 1.37. The number of nitrogens with one attached hydrogen (secondary N) is 1. The van der Waals surface area contributed by atoms with Crippen molar-refractivity contribution in [3.8, 4) is 0 Å². The highest BCUT2D eigenvalue weighted by molar-refractivity contribution is 5.83. The topological polar surface area (TPSA) is 72.8 Å². The van der Waals surface area contributed by atoms with Crippen molar-refractivity contribution in [2.45, 2.75) is 112 Å². The van der Waals surface area contributed by atoms with Crippen LogP contribution in [0.4, 0.5) is 0 Å². The van der Waals surface area contributed by atoms with Crippen LogP contribution in [-0.4, -0.2) is 52.3 Å². The molecule has 0 aromatic heterocycles. The summed E-state index contributed by atoms with van der Waals surface area (Å²) < 4.78 is 0. The molecule has 5 heteroatoms. The van der Waals surface area contributed by atoms with Crippen LogP contribution in [0.3, 0.4) is 0 Å². The lowest BCUT2D eigenvalue weighted by Gasteiger charge is -2.70. The molecule has 6 rings (SSSR count). The van der Waals surface area contributed by atoms with Gasteiger partial charge in [-0.2, -0.15) is 0 Å². The lowest BCUT2D eigenvalue weighted by atomic mass is 9.34. The van der Waals surface area contributed by atoms with Crippen LogP contribution in [0.2, 0.25) is 0 Å². The molecule has 1 aliphatic heterocycles. The third-order valence-electron chi connectivity index (χ3n) is 13.4. The molecule has 4 fully saturated rings. The van der Waals surface area contributed by atoms with Crippen molar-refractivity contribution in [1.29, 1.82) is 0 Å². The summed E-state index contributed by atoms with van der Waals surface area (Å²) in [7, 11) is 0. The van der Waals surface area contributed by atoms with Gasteiger partial charge in [0.1, 0.15) is 11.9 Å². The van der Waals surface area contributed by atoms with Crippen molar-refractivity contribution in [1.82, 2.24) is 10.2 Å². The minimum Gasteiger partial charge on any atom is -0.509 e. The molecule has 1 heterocycles. The monoisotopic (exact) mass is 548 g/mol.